The Morgan fingerprint density at radius 2 is 2.11 bits per heavy atom. The molecule has 0 aliphatic carbocycles. The summed E-state index contributed by atoms with van der Waals surface area (Å²) >= 11 is 0. The first kappa shape index (κ1) is 11.2. The second kappa shape index (κ2) is 4.42. The third kappa shape index (κ3) is 1.77. The lowest BCUT2D eigenvalue weighted by atomic mass is 10.1. The van der Waals surface area contributed by atoms with Crippen molar-refractivity contribution in [1.29, 1.82) is 0 Å². The fraction of sp³-hybridized carbons (Fsp3) is 0.267. The van der Waals surface area contributed by atoms with E-state index < -0.39 is 0 Å². The molecule has 1 aliphatic heterocycles. The highest BCUT2D eigenvalue weighted by Gasteiger charge is 2.21. The maximum atomic E-state index is 9.45. The van der Waals surface area contributed by atoms with Crippen LogP contribution in [0.4, 0.5) is 11.4 Å². The highest BCUT2D eigenvalue weighted by molar-refractivity contribution is 5.71. The molecule has 0 fully saturated rings. The van der Waals surface area contributed by atoms with Crippen LogP contribution in [0.5, 0.6) is 0 Å². The van der Waals surface area contributed by atoms with Crippen LogP contribution in [0.3, 0.4) is 0 Å². The van der Waals surface area contributed by atoms with Gasteiger partial charge in [-0.25, -0.2) is 0 Å². The molecule has 0 saturated heterocycles. The number of aliphatic hydroxyl groups is 1. The van der Waals surface area contributed by atoms with Gasteiger partial charge in [0.1, 0.15) is 0 Å². The lowest BCUT2D eigenvalue weighted by Gasteiger charge is -2.22. The van der Waals surface area contributed by atoms with Crippen LogP contribution in [0.1, 0.15) is 16.8 Å². The molecule has 1 aromatic heterocycles. The van der Waals surface area contributed by atoms with Crippen LogP contribution in [0, 0.1) is 6.92 Å². The molecule has 92 valence electrons. The van der Waals surface area contributed by atoms with E-state index in [0.717, 1.165) is 29.9 Å². The molecule has 0 saturated carbocycles. The van der Waals surface area contributed by atoms with Crippen molar-refractivity contribution in [3.05, 3.63) is 53.3 Å². The van der Waals surface area contributed by atoms with E-state index in [1.165, 1.54) is 11.3 Å². The molecule has 1 aliphatic rings. The molecule has 0 atom stereocenters. The van der Waals surface area contributed by atoms with Crippen LogP contribution < -0.4 is 4.90 Å². The zero-order valence-electron chi connectivity index (χ0n) is 10.4. The summed E-state index contributed by atoms with van der Waals surface area (Å²) in [6, 6.07) is 10.5. The van der Waals surface area contributed by atoms with Crippen LogP contribution in [-0.4, -0.2) is 16.6 Å². The van der Waals surface area contributed by atoms with E-state index in [2.05, 4.69) is 34.1 Å². The normalized spacial score (nSPS) is 13.8. The van der Waals surface area contributed by atoms with Gasteiger partial charge in [-0.1, -0.05) is 18.2 Å². The molecule has 1 aromatic carbocycles. The van der Waals surface area contributed by atoms with Gasteiger partial charge in [-0.15, -0.1) is 0 Å². The minimum atomic E-state index is 0.0290. The molecule has 0 amide bonds. The molecule has 0 bridgehead atoms. The topological polar surface area (TPSA) is 36.4 Å². The Morgan fingerprint density at radius 3 is 2.94 bits per heavy atom. The van der Waals surface area contributed by atoms with E-state index in [9.17, 15) is 5.11 Å². The van der Waals surface area contributed by atoms with Gasteiger partial charge in [-0.3, -0.25) is 4.98 Å². The maximum absolute atomic E-state index is 9.45. The number of nitrogens with zero attached hydrogens (tertiary/aromatic N) is 2. The van der Waals surface area contributed by atoms with Gasteiger partial charge in [0, 0.05) is 29.7 Å². The number of benzene rings is 1. The second-order valence-corrected chi connectivity index (χ2v) is 4.64. The summed E-state index contributed by atoms with van der Waals surface area (Å²) in [6.07, 6.45) is 2.83. The maximum Gasteiger partial charge on any atom is 0.0717 e. The fourth-order valence-corrected chi connectivity index (χ4v) is 2.54. The predicted molar refractivity (Wildman–Crippen MR) is 72.0 cm³/mol. The first-order valence-electron chi connectivity index (χ1n) is 6.21. The van der Waals surface area contributed by atoms with Crippen LogP contribution in [0.25, 0.3) is 0 Å². The van der Waals surface area contributed by atoms with Gasteiger partial charge in [-0.2, -0.15) is 0 Å². The molecular weight excluding hydrogens is 224 g/mol. The minimum Gasteiger partial charge on any atom is -0.392 e. The third-order valence-electron chi connectivity index (χ3n) is 3.45. The van der Waals surface area contributed by atoms with Gasteiger partial charge in [0.2, 0.25) is 0 Å². The highest BCUT2D eigenvalue weighted by Crippen LogP contribution is 2.36. The second-order valence-electron chi connectivity index (χ2n) is 4.64. The van der Waals surface area contributed by atoms with E-state index in [0.29, 0.717) is 0 Å². The smallest absolute Gasteiger partial charge is 0.0717 e. The number of aliphatic hydroxyl groups excluding tert-OH is 1. The summed E-state index contributed by atoms with van der Waals surface area (Å²) < 4.78 is 0. The minimum absolute atomic E-state index is 0.0290. The summed E-state index contributed by atoms with van der Waals surface area (Å²) in [5.41, 5.74) is 5.56. The van der Waals surface area contributed by atoms with Crippen molar-refractivity contribution in [3.8, 4) is 0 Å². The molecule has 3 nitrogen and oxygen atoms in total. The monoisotopic (exact) mass is 240 g/mol. The predicted octanol–water partition coefficient (Wildman–Crippen LogP) is 2.58. The summed E-state index contributed by atoms with van der Waals surface area (Å²) in [5, 5.41) is 9.45. The van der Waals surface area contributed by atoms with Crippen molar-refractivity contribution in [2.24, 2.45) is 0 Å². The van der Waals surface area contributed by atoms with Gasteiger partial charge in [0.15, 0.2) is 0 Å². The van der Waals surface area contributed by atoms with Crippen LogP contribution >= 0.6 is 0 Å². The summed E-state index contributed by atoms with van der Waals surface area (Å²) in [7, 11) is 0. The molecule has 3 rings (SSSR count). The highest BCUT2D eigenvalue weighted by atomic mass is 16.3. The van der Waals surface area contributed by atoms with Gasteiger partial charge in [0.05, 0.1) is 12.3 Å². The van der Waals surface area contributed by atoms with E-state index in [1.54, 1.807) is 6.20 Å². The van der Waals surface area contributed by atoms with Crippen molar-refractivity contribution in [2.75, 3.05) is 11.4 Å². The first-order chi connectivity index (χ1) is 8.79. The Hall–Kier alpha value is -1.87. The number of para-hydroxylation sites is 1. The Balaban J connectivity index is 2.09. The van der Waals surface area contributed by atoms with Crippen molar-refractivity contribution in [3.63, 3.8) is 0 Å². The number of pyridine rings is 1. The number of hydrogen-bond acceptors (Lipinski definition) is 3. The lowest BCUT2D eigenvalue weighted by Crippen LogP contribution is -2.15. The number of aryl methyl sites for hydroxylation is 1. The van der Waals surface area contributed by atoms with E-state index in [4.69, 9.17) is 0 Å². The largest absolute Gasteiger partial charge is 0.392 e. The molecule has 0 unspecified atom stereocenters. The van der Waals surface area contributed by atoms with Crippen molar-refractivity contribution < 1.29 is 5.11 Å². The Kier molecular flexibility index (Phi) is 2.76. The molecule has 2 heterocycles. The molecule has 1 N–H and O–H groups in total. The first-order valence-corrected chi connectivity index (χ1v) is 6.21. The summed E-state index contributed by atoms with van der Waals surface area (Å²) in [4.78, 5) is 6.52. The Labute approximate surface area is 107 Å². The average molecular weight is 240 g/mol. The number of hydrogen-bond donors (Lipinski definition) is 1. The summed E-state index contributed by atoms with van der Waals surface area (Å²) in [5.74, 6) is 0. The van der Waals surface area contributed by atoms with Gasteiger partial charge < -0.3 is 10.0 Å². The number of aromatic nitrogens is 1. The van der Waals surface area contributed by atoms with Crippen molar-refractivity contribution in [2.45, 2.75) is 20.0 Å². The molecular formula is C15H16N2O. The van der Waals surface area contributed by atoms with Crippen LogP contribution in [0.15, 0.2) is 36.5 Å². The summed E-state index contributed by atoms with van der Waals surface area (Å²) in [6.45, 7) is 2.98. The molecule has 0 spiro atoms. The van der Waals surface area contributed by atoms with Crippen LogP contribution in [0.2, 0.25) is 0 Å². The molecule has 18 heavy (non-hydrogen) atoms. The quantitative estimate of drug-likeness (QED) is 0.876. The van der Waals surface area contributed by atoms with E-state index in [1.807, 2.05) is 13.0 Å². The van der Waals surface area contributed by atoms with E-state index >= 15 is 0 Å². The number of fused-ring (bicyclic) bond motifs is 1. The average Bonchev–Trinajstić information content (AvgIpc) is 2.82. The number of rotatable bonds is 2. The van der Waals surface area contributed by atoms with E-state index in [-0.39, 0.29) is 6.61 Å². The zero-order valence-corrected chi connectivity index (χ0v) is 10.4. The van der Waals surface area contributed by atoms with Crippen molar-refractivity contribution >= 4 is 11.4 Å². The van der Waals surface area contributed by atoms with Crippen molar-refractivity contribution in [1.82, 2.24) is 4.98 Å². The fourth-order valence-electron chi connectivity index (χ4n) is 2.54. The Morgan fingerprint density at radius 1 is 1.28 bits per heavy atom. The third-order valence-corrected chi connectivity index (χ3v) is 3.45. The molecule has 3 heteroatoms. The van der Waals surface area contributed by atoms with Gasteiger partial charge >= 0.3 is 0 Å². The molecule has 2 aromatic rings. The Bertz CT molecular complexity index is 580. The SMILES string of the molecule is Cc1cc(N2CCc3ccccc32)c(CO)cn1. The van der Waals surface area contributed by atoms with Crippen LogP contribution in [-0.2, 0) is 13.0 Å². The van der Waals surface area contributed by atoms with Gasteiger partial charge in [-0.05, 0) is 31.0 Å². The zero-order chi connectivity index (χ0) is 12.5. The number of anilines is 2. The standard InChI is InChI=1S/C15H16N2O/c1-11-8-15(13(10-18)9-16-11)17-7-6-12-4-2-3-5-14(12)17/h2-5,8-9,18H,6-7,10H2,1H3. The van der Waals surface area contributed by atoms with Gasteiger partial charge in [0.25, 0.3) is 0 Å². The lowest BCUT2D eigenvalue weighted by molar-refractivity contribution is 0.281. The molecule has 0 radical (unpaired) electrons.